The van der Waals surface area contributed by atoms with Gasteiger partial charge in [-0.2, -0.15) is 4.98 Å². The smallest absolute Gasteiger partial charge is 0.324 e. The first-order chi connectivity index (χ1) is 15.6. The summed E-state index contributed by atoms with van der Waals surface area (Å²) in [6.07, 6.45) is 7.67. The first-order valence-electron chi connectivity index (χ1n) is 10.7. The molecule has 0 bridgehead atoms. The molecular formula is C25H22N4O3. The zero-order chi connectivity index (χ0) is 22.1. The highest BCUT2D eigenvalue weighted by Crippen LogP contribution is 2.23. The number of carbonyl (C=O) groups excluding carboxylic acids is 1. The fraction of sp³-hybridized carbons (Fsp3) is 0.240. The fourth-order valence-electron chi connectivity index (χ4n) is 4.29. The van der Waals surface area contributed by atoms with Gasteiger partial charge in [-0.05, 0) is 67.1 Å². The SMILES string of the molecule is O=C(Cn1cccc2c(=O)n(Cc3ccccn3)c(=O)nc1-2)c1ccc2c(c1)CCCC2. The van der Waals surface area contributed by atoms with Crippen molar-refractivity contribution < 1.29 is 4.79 Å². The number of nitrogens with zero attached hydrogens (tertiary/aromatic N) is 4. The Hall–Kier alpha value is -3.87. The molecule has 3 heterocycles. The maximum Gasteiger partial charge on any atom is 0.352 e. The molecule has 7 nitrogen and oxygen atoms in total. The average Bonchev–Trinajstić information content (AvgIpc) is 2.82. The van der Waals surface area contributed by atoms with E-state index < -0.39 is 11.2 Å². The summed E-state index contributed by atoms with van der Waals surface area (Å²) >= 11 is 0. The van der Waals surface area contributed by atoms with Crippen molar-refractivity contribution in [1.82, 2.24) is 19.1 Å². The lowest BCUT2D eigenvalue weighted by molar-refractivity contribution is 0.0972. The lowest BCUT2D eigenvalue weighted by atomic mass is 9.90. The quantitative estimate of drug-likeness (QED) is 0.458. The Kier molecular flexibility index (Phi) is 5.23. The van der Waals surface area contributed by atoms with Gasteiger partial charge in [0.1, 0.15) is 0 Å². The van der Waals surface area contributed by atoms with Gasteiger partial charge in [0.25, 0.3) is 5.56 Å². The first-order valence-corrected chi connectivity index (χ1v) is 10.7. The molecule has 0 unspecified atom stereocenters. The van der Waals surface area contributed by atoms with Crippen LogP contribution < -0.4 is 11.2 Å². The number of hydrogen-bond donors (Lipinski definition) is 0. The molecule has 32 heavy (non-hydrogen) atoms. The average molecular weight is 426 g/mol. The summed E-state index contributed by atoms with van der Waals surface area (Å²) in [7, 11) is 0. The van der Waals surface area contributed by atoms with E-state index in [0.29, 0.717) is 16.8 Å². The van der Waals surface area contributed by atoms with Gasteiger partial charge in [0.2, 0.25) is 0 Å². The predicted octanol–water partition coefficient (Wildman–Crippen LogP) is 2.71. The van der Waals surface area contributed by atoms with E-state index in [2.05, 4.69) is 9.97 Å². The molecule has 160 valence electrons. The van der Waals surface area contributed by atoms with Crippen LogP contribution in [0.25, 0.3) is 11.4 Å². The summed E-state index contributed by atoms with van der Waals surface area (Å²) < 4.78 is 2.64. The third-order valence-electron chi connectivity index (χ3n) is 5.98. The Balaban J connectivity index is 1.48. The molecule has 1 aromatic heterocycles. The van der Waals surface area contributed by atoms with Gasteiger partial charge in [-0.15, -0.1) is 0 Å². The highest BCUT2D eigenvalue weighted by Gasteiger charge is 2.19. The van der Waals surface area contributed by atoms with E-state index in [9.17, 15) is 14.4 Å². The van der Waals surface area contributed by atoms with Gasteiger partial charge in [0.15, 0.2) is 11.6 Å². The third-order valence-corrected chi connectivity index (χ3v) is 5.98. The summed E-state index contributed by atoms with van der Waals surface area (Å²) in [6, 6.07) is 14.5. The minimum Gasteiger partial charge on any atom is -0.324 e. The van der Waals surface area contributed by atoms with E-state index in [0.717, 1.165) is 23.8 Å². The van der Waals surface area contributed by atoms with Crippen molar-refractivity contribution in [1.29, 1.82) is 0 Å². The normalized spacial score (nSPS) is 13.1. The Morgan fingerprint density at radius 2 is 1.81 bits per heavy atom. The van der Waals surface area contributed by atoms with Gasteiger partial charge in [-0.1, -0.05) is 18.2 Å². The molecule has 0 radical (unpaired) electrons. The Morgan fingerprint density at radius 1 is 0.969 bits per heavy atom. The molecule has 0 fully saturated rings. The van der Waals surface area contributed by atoms with Crippen molar-refractivity contribution in [3.05, 3.63) is 104 Å². The Labute approximate surface area is 184 Å². The number of aromatic nitrogens is 4. The molecule has 7 heteroatoms. The van der Waals surface area contributed by atoms with Crippen molar-refractivity contribution in [3.63, 3.8) is 0 Å². The predicted molar refractivity (Wildman–Crippen MR) is 120 cm³/mol. The van der Waals surface area contributed by atoms with Gasteiger partial charge in [0, 0.05) is 18.0 Å². The highest BCUT2D eigenvalue weighted by atomic mass is 16.2. The molecule has 0 atom stereocenters. The number of aryl methyl sites for hydroxylation is 2. The summed E-state index contributed by atoms with van der Waals surface area (Å²) in [5.74, 6) is 0.133. The minimum absolute atomic E-state index is 0.00621. The molecule has 0 saturated heterocycles. The van der Waals surface area contributed by atoms with E-state index in [4.69, 9.17) is 0 Å². The molecule has 3 aliphatic rings. The maximum atomic E-state index is 13.0. The van der Waals surface area contributed by atoms with Crippen molar-refractivity contribution in [2.75, 3.05) is 0 Å². The summed E-state index contributed by atoms with van der Waals surface area (Å²) in [5.41, 5.74) is 2.98. The number of carbonyl (C=O) groups is 1. The second kappa shape index (κ2) is 8.34. The van der Waals surface area contributed by atoms with E-state index in [1.165, 1.54) is 17.5 Å². The number of pyridine rings is 2. The molecule has 0 saturated carbocycles. The van der Waals surface area contributed by atoms with Gasteiger partial charge < -0.3 is 4.57 Å². The van der Waals surface area contributed by atoms with Crippen molar-refractivity contribution in [3.8, 4) is 11.4 Å². The number of benzene rings is 1. The molecule has 0 spiro atoms. The van der Waals surface area contributed by atoms with Crippen LogP contribution in [0.3, 0.4) is 0 Å². The number of hydrogen-bond acceptors (Lipinski definition) is 5. The monoisotopic (exact) mass is 426 g/mol. The van der Waals surface area contributed by atoms with Crippen LogP contribution in [0.5, 0.6) is 0 Å². The van der Waals surface area contributed by atoms with Crippen LogP contribution >= 0.6 is 0 Å². The zero-order valence-corrected chi connectivity index (χ0v) is 17.5. The molecule has 1 aromatic carbocycles. The maximum absolute atomic E-state index is 13.0. The van der Waals surface area contributed by atoms with Crippen molar-refractivity contribution in [2.45, 2.75) is 38.8 Å². The second-order valence-electron chi connectivity index (χ2n) is 8.09. The van der Waals surface area contributed by atoms with E-state index >= 15 is 0 Å². The van der Waals surface area contributed by atoms with Gasteiger partial charge in [-0.3, -0.25) is 19.1 Å². The molecule has 2 aromatic rings. The first kappa shape index (κ1) is 20.1. The topological polar surface area (TPSA) is 86.9 Å². The number of Topliss-reactive ketones (excluding diaryl/α,β-unsaturated/α-hetero) is 1. The lowest BCUT2D eigenvalue weighted by Gasteiger charge is -2.17. The summed E-state index contributed by atoms with van der Waals surface area (Å²) in [5, 5.41) is 0. The summed E-state index contributed by atoms with van der Waals surface area (Å²) in [4.78, 5) is 47.0. The zero-order valence-electron chi connectivity index (χ0n) is 17.5. The number of rotatable bonds is 5. The molecule has 2 aliphatic heterocycles. The van der Waals surface area contributed by atoms with E-state index in [1.54, 1.807) is 47.3 Å². The Morgan fingerprint density at radius 3 is 2.62 bits per heavy atom. The highest BCUT2D eigenvalue weighted by molar-refractivity contribution is 5.96. The van der Waals surface area contributed by atoms with Gasteiger partial charge in [0.05, 0.1) is 24.3 Å². The lowest BCUT2D eigenvalue weighted by Crippen LogP contribution is -2.38. The number of fused-ring (bicyclic) bond motifs is 2. The van der Waals surface area contributed by atoms with Gasteiger partial charge >= 0.3 is 5.69 Å². The molecule has 0 N–H and O–H groups in total. The van der Waals surface area contributed by atoms with Crippen LogP contribution in [0.1, 0.15) is 40.0 Å². The standard InChI is InChI=1S/C25H22N4O3/c30-22(19-11-10-17-6-1-2-7-18(17)14-19)16-28-13-5-9-21-23(28)27-25(32)29(24(21)31)15-20-8-3-4-12-26-20/h3-5,8-14H,1-2,6-7,15-16H2. The molecule has 1 aliphatic carbocycles. The van der Waals surface area contributed by atoms with Crippen LogP contribution in [-0.2, 0) is 25.9 Å². The van der Waals surface area contributed by atoms with Crippen LogP contribution in [0, 0.1) is 0 Å². The van der Waals surface area contributed by atoms with Crippen LogP contribution in [0.2, 0.25) is 0 Å². The minimum atomic E-state index is -0.658. The van der Waals surface area contributed by atoms with Crippen LogP contribution in [0.4, 0.5) is 0 Å². The van der Waals surface area contributed by atoms with E-state index in [1.807, 2.05) is 18.2 Å². The number of ketones is 1. The van der Waals surface area contributed by atoms with Crippen molar-refractivity contribution in [2.24, 2.45) is 0 Å². The molecular weight excluding hydrogens is 404 g/mol. The second-order valence-corrected chi connectivity index (χ2v) is 8.09. The Bertz CT molecular complexity index is 1390. The fourth-order valence-corrected chi connectivity index (χ4v) is 4.29. The van der Waals surface area contributed by atoms with Crippen molar-refractivity contribution >= 4 is 5.78 Å². The largest absolute Gasteiger partial charge is 0.352 e. The summed E-state index contributed by atoms with van der Waals surface area (Å²) in [6.45, 7) is 0.0522. The van der Waals surface area contributed by atoms with Gasteiger partial charge in [-0.25, -0.2) is 4.79 Å². The molecule has 5 rings (SSSR count). The van der Waals surface area contributed by atoms with Crippen LogP contribution in [-0.4, -0.2) is 24.9 Å². The third kappa shape index (κ3) is 3.77. The molecule has 0 amide bonds. The van der Waals surface area contributed by atoms with E-state index in [-0.39, 0.29) is 24.7 Å². The van der Waals surface area contributed by atoms with Crippen LogP contribution in [0.15, 0.2) is 70.5 Å².